The lowest BCUT2D eigenvalue weighted by Crippen LogP contribution is -2.47. The first-order valence-corrected chi connectivity index (χ1v) is 11.7. The van der Waals surface area contributed by atoms with Crippen molar-refractivity contribution in [1.82, 2.24) is 30.2 Å². The minimum absolute atomic E-state index is 0.00295. The Morgan fingerprint density at radius 3 is 2.32 bits per heavy atom. The number of rotatable bonds is 5. The van der Waals surface area contributed by atoms with Crippen LogP contribution in [0.3, 0.4) is 0 Å². The van der Waals surface area contributed by atoms with Gasteiger partial charge in [-0.2, -0.15) is 0 Å². The Kier molecular flexibility index (Phi) is 6.75. The van der Waals surface area contributed by atoms with E-state index in [4.69, 9.17) is 0 Å². The number of piperidine rings is 1. The quantitative estimate of drug-likeness (QED) is 0.432. The number of anilines is 1. The fraction of sp³-hybridized carbons (Fsp3) is 0.192. The monoisotopic (exact) mass is 499 g/mol. The Labute approximate surface area is 211 Å². The number of benzene rings is 2. The Morgan fingerprint density at radius 2 is 1.57 bits per heavy atom. The molecule has 2 aromatic carbocycles. The van der Waals surface area contributed by atoms with Crippen LogP contribution in [0.4, 0.5) is 10.2 Å². The SMILES string of the molecule is O=C(Nc1nccnc1C(=O)NC1CCN(C(=O)c2cnc3ccccc3n2)CC1)c1ccc(F)cc1. The fourth-order valence-corrected chi connectivity index (χ4v) is 4.08. The fourth-order valence-electron chi connectivity index (χ4n) is 4.08. The maximum atomic E-state index is 13.1. The zero-order chi connectivity index (χ0) is 25.8. The van der Waals surface area contributed by atoms with Gasteiger partial charge < -0.3 is 15.5 Å². The highest BCUT2D eigenvalue weighted by Gasteiger charge is 2.27. The Balaban J connectivity index is 1.19. The average Bonchev–Trinajstić information content (AvgIpc) is 2.93. The van der Waals surface area contributed by atoms with Gasteiger partial charge in [-0.25, -0.2) is 19.3 Å². The number of hydrogen-bond donors (Lipinski definition) is 2. The molecule has 0 radical (unpaired) electrons. The molecule has 3 amide bonds. The number of para-hydroxylation sites is 2. The standard InChI is InChI=1S/C26H22FN7O3/c27-17-7-5-16(6-8-17)24(35)33-23-22(28-11-12-29-23)25(36)31-18-9-13-34(14-10-18)26(37)21-15-30-19-3-1-2-4-20(19)32-21/h1-8,11-12,15,18H,9-10,13-14H2,(H,31,36)(H,29,33,35). The second-order valence-electron chi connectivity index (χ2n) is 8.50. The number of carbonyl (C=O) groups is 3. The number of nitrogens with zero attached hydrogens (tertiary/aromatic N) is 5. The summed E-state index contributed by atoms with van der Waals surface area (Å²) in [4.78, 5) is 57.0. The molecular weight excluding hydrogens is 477 g/mol. The largest absolute Gasteiger partial charge is 0.348 e. The van der Waals surface area contributed by atoms with Crippen LogP contribution < -0.4 is 10.6 Å². The molecule has 0 spiro atoms. The topological polar surface area (TPSA) is 130 Å². The van der Waals surface area contributed by atoms with Crippen molar-refractivity contribution in [3.05, 3.63) is 89.9 Å². The summed E-state index contributed by atoms with van der Waals surface area (Å²) in [5.74, 6) is -1.71. The molecule has 11 heteroatoms. The predicted molar refractivity (Wildman–Crippen MR) is 132 cm³/mol. The highest BCUT2D eigenvalue weighted by atomic mass is 19.1. The van der Waals surface area contributed by atoms with Gasteiger partial charge >= 0.3 is 0 Å². The van der Waals surface area contributed by atoms with E-state index in [1.54, 1.807) is 4.90 Å². The normalized spacial score (nSPS) is 13.8. The molecule has 1 fully saturated rings. The lowest BCUT2D eigenvalue weighted by atomic mass is 10.0. The summed E-state index contributed by atoms with van der Waals surface area (Å²) in [6, 6.07) is 12.2. The van der Waals surface area contributed by atoms with Gasteiger partial charge in [-0.05, 0) is 49.2 Å². The molecule has 1 aliphatic heterocycles. The van der Waals surface area contributed by atoms with Crippen molar-refractivity contribution in [3.8, 4) is 0 Å². The number of carbonyl (C=O) groups excluding carboxylic acids is 3. The van der Waals surface area contributed by atoms with E-state index in [2.05, 4.69) is 30.6 Å². The van der Waals surface area contributed by atoms with Crippen LogP contribution in [0.25, 0.3) is 11.0 Å². The van der Waals surface area contributed by atoms with Crippen molar-refractivity contribution in [2.24, 2.45) is 0 Å². The smallest absolute Gasteiger partial charge is 0.274 e. The molecule has 5 rings (SSSR count). The van der Waals surface area contributed by atoms with Crippen LogP contribution in [-0.4, -0.2) is 61.7 Å². The van der Waals surface area contributed by atoms with Gasteiger partial charge in [0.1, 0.15) is 11.5 Å². The maximum Gasteiger partial charge on any atom is 0.274 e. The molecule has 10 nitrogen and oxygen atoms in total. The van der Waals surface area contributed by atoms with E-state index < -0.39 is 17.6 Å². The molecule has 4 aromatic rings. The molecule has 2 N–H and O–H groups in total. The van der Waals surface area contributed by atoms with E-state index in [0.29, 0.717) is 31.4 Å². The van der Waals surface area contributed by atoms with Crippen LogP contribution in [-0.2, 0) is 0 Å². The Morgan fingerprint density at radius 1 is 0.865 bits per heavy atom. The molecule has 37 heavy (non-hydrogen) atoms. The summed E-state index contributed by atoms with van der Waals surface area (Å²) in [6.07, 6.45) is 5.27. The second kappa shape index (κ2) is 10.4. The van der Waals surface area contributed by atoms with Crippen LogP contribution in [0.15, 0.2) is 67.1 Å². The van der Waals surface area contributed by atoms with Gasteiger partial charge in [0.2, 0.25) is 0 Å². The van der Waals surface area contributed by atoms with Gasteiger partial charge in [0.15, 0.2) is 11.5 Å². The van der Waals surface area contributed by atoms with Crippen LogP contribution in [0.1, 0.15) is 44.2 Å². The second-order valence-corrected chi connectivity index (χ2v) is 8.50. The number of aromatic nitrogens is 4. The number of hydrogen-bond acceptors (Lipinski definition) is 7. The molecule has 0 bridgehead atoms. The third-order valence-corrected chi connectivity index (χ3v) is 6.04. The van der Waals surface area contributed by atoms with Crippen molar-refractivity contribution >= 4 is 34.6 Å². The number of fused-ring (bicyclic) bond motifs is 1. The molecule has 186 valence electrons. The summed E-state index contributed by atoms with van der Waals surface area (Å²) in [5, 5.41) is 5.47. The van der Waals surface area contributed by atoms with E-state index in [0.717, 1.165) is 5.52 Å². The van der Waals surface area contributed by atoms with Crippen molar-refractivity contribution < 1.29 is 18.8 Å². The Bertz CT molecular complexity index is 1470. The first kappa shape index (κ1) is 23.9. The number of likely N-dealkylation sites (tertiary alicyclic amines) is 1. The van der Waals surface area contributed by atoms with Gasteiger partial charge in [0.25, 0.3) is 17.7 Å². The van der Waals surface area contributed by atoms with Gasteiger partial charge in [-0.3, -0.25) is 19.4 Å². The van der Waals surface area contributed by atoms with Crippen LogP contribution >= 0.6 is 0 Å². The number of halogens is 1. The van der Waals surface area contributed by atoms with E-state index in [1.165, 1.54) is 42.9 Å². The minimum Gasteiger partial charge on any atom is -0.348 e. The molecule has 0 atom stereocenters. The summed E-state index contributed by atoms with van der Waals surface area (Å²) < 4.78 is 13.1. The third kappa shape index (κ3) is 5.40. The zero-order valence-electron chi connectivity index (χ0n) is 19.6. The average molecular weight is 500 g/mol. The lowest BCUT2D eigenvalue weighted by molar-refractivity contribution is 0.0692. The van der Waals surface area contributed by atoms with Crippen LogP contribution in [0.2, 0.25) is 0 Å². The summed E-state index contributed by atoms with van der Waals surface area (Å²) >= 11 is 0. The van der Waals surface area contributed by atoms with Crippen LogP contribution in [0.5, 0.6) is 0 Å². The van der Waals surface area contributed by atoms with E-state index in [-0.39, 0.29) is 34.7 Å². The van der Waals surface area contributed by atoms with E-state index in [1.807, 2.05) is 24.3 Å². The van der Waals surface area contributed by atoms with Crippen molar-refractivity contribution in [2.75, 3.05) is 18.4 Å². The number of nitrogens with one attached hydrogen (secondary N) is 2. The lowest BCUT2D eigenvalue weighted by Gasteiger charge is -2.32. The van der Waals surface area contributed by atoms with E-state index in [9.17, 15) is 18.8 Å². The third-order valence-electron chi connectivity index (χ3n) is 6.04. The minimum atomic E-state index is -0.543. The molecule has 1 aliphatic rings. The van der Waals surface area contributed by atoms with E-state index >= 15 is 0 Å². The summed E-state index contributed by atoms with van der Waals surface area (Å²) in [7, 11) is 0. The molecule has 0 unspecified atom stereocenters. The molecule has 1 saturated heterocycles. The summed E-state index contributed by atoms with van der Waals surface area (Å²) in [5.41, 5.74) is 1.83. The molecular formula is C26H22FN7O3. The van der Waals surface area contributed by atoms with Gasteiger partial charge in [0, 0.05) is 37.1 Å². The van der Waals surface area contributed by atoms with Gasteiger partial charge in [-0.15, -0.1) is 0 Å². The molecule has 2 aromatic heterocycles. The van der Waals surface area contributed by atoms with Gasteiger partial charge in [-0.1, -0.05) is 12.1 Å². The first-order valence-electron chi connectivity index (χ1n) is 11.7. The molecule has 0 aliphatic carbocycles. The highest BCUT2D eigenvalue weighted by molar-refractivity contribution is 6.07. The van der Waals surface area contributed by atoms with Crippen molar-refractivity contribution in [3.63, 3.8) is 0 Å². The number of amides is 3. The van der Waals surface area contributed by atoms with Crippen molar-refractivity contribution in [1.29, 1.82) is 0 Å². The highest BCUT2D eigenvalue weighted by Crippen LogP contribution is 2.17. The molecule has 3 heterocycles. The predicted octanol–water partition coefficient (Wildman–Crippen LogP) is 2.85. The first-order chi connectivity index (χ1) is 18.0. The Hall–Kier alpha value is -4.80. The maximum absolute atomic E-state index is 13.1. The zero-order valence-corrected chi connectivity index (χ0v) is 19.6. The summed E-state index contributed by atoms with van der Waals surface area (Å²) in [6.45, 7) is 0.875. The molecule has 0 saturated carbocycles. The van der Waals surface area contributed by atoms with Crippen molar-refractivity contribution in [2.45, 2.75) is 18.9 Å². The van der Waals surface area contributed by atoms with Gasteiger partial charge in [0.05, 0.1) is 17.2 Å². The van der Waals surface area contributed by atoms with Crippen LogP contribution in [0, 0.1) is 5.82 Å².